The maximum absolute atomic E-state index is 14.2. The Morgan fingerprint density at radius 3 is 2.33 bits per heavy atom. The zero-order valence-corrected chi connectivity index (χ0v) is 21.2. The molecule has 1 amide bonds. The summed E-state index contributed by atoms with van der Waals surface area (Å²) < 4.78 is 96.1. The first-order valence-corrected chi connectivity index (χ1v) is 11.8. The third-order valence-corrected chi connectivity index (χ3v) is 6.64. The summed E-state index contributed by atoms with van der Waals surface area (Å²) in [6, 6.07) is 6.34. The summed E-state index contributed by atoms with van der Waals surface area (Å²) in [6.07, 6.45) is -8.47. The Labute approximate surface area is 226 Å². The van der Waals surface area contributed by atoms with Crippen molar-refractivity contribution >= 4 is 34.8 Å². The molecule has 2 heterocycles. The van der Waals surface area contributed by atoms with Crippen LogP contribution in [0.2, 0.25) is 10.0 Å². The van der Waals surface area contributed by atoms with Crippen molar-refractivity contribution in [1.82, 2.24) is 10.3 Å². The lowest BCUT2D eigenvalue weighted by Crippen LogP contribution is -2.42. The molecule has 1 aromatic heterocycles. The van der Waals surface area contributed by atoms with E-state index in [9.17, 15) is 35.5 Å². The van der Waals surface area contributed by atoms with Crippen molar-refractivity contribution < 1.29 is 40.4 Å². The van der Waals surface area contributed by atoms with Crippen molar-refractivity contribution in [2.24, 2.45) is 5.16 Å². The lowest BCUT2D eigenvalue weighted by molar-refractivity contribution is -0.275. The van der Waals surface area contributed by atoms with Crippen molar-refractivity contribution in [1.29, 1.82) is 0 Å². The molecule has 1 aliphatic heterocycles. The summed E-state index contributed by atoms with van der Waals surface area (Å²) in [5.41, 5.74) is -4.26. The highest BCUT2D eigenvalue weighted by Crippen LogP contribution is 2.50. The summed E-state index contributed by atoms with van der Waals surface area (Å²) in [4.78, 5) is 21.2. The molecule has 1 unspecified atom stereocenters. The molecular weight excluding hydrogens is 578 g/mol. The van der Waals surface area contributed by atoms with E-state index in [1.807, 2.05) is 0 Å². The monoisotopic (exact) mass is 593 g/mol. The van der Waals surface area contributed by atoms with Gasteiger partial charge < -0.3 is 10.2 Å². The largest absolute Gasteiger partial charge is 0.435 e. The Balaban J connectivity index is 1.55. The Hall–Kier alpha value is -3.38. The number of nitrogens with zero attached hydrogens (tertiary/aromatic N) is 2. The summed E-state index contributed by atoms with van der Waals surface area (Å²) >= 11 is 11.4. The SMILES string of the molecule is Cc1cc(C2=NOC(c3cc(Cl)c(F)c(Cl)c3)(C(F)(F)F)C2)ccc1C(=O)NCc1cnccc1C(F)(F)F. The van der Waals surface area contributed by atoms with Gasteiger partial charge in [-0.05, 0) is 48.4 Å². The Kier molecular flexibility index (Phi) is 7.56. The molecule has 3 aromatic rings. The van der Waals surface area contributed by atoms with Crippen molar-refractivity contribution in [2.75, 3.05) is 0 Å². The predicted molar refractivity (Wildman–Crippen MR) is 128 cm³/mol. The van der Waals surface area contributed by atoms with Crippen molar-refractivity contribution in [3.8, 4) is 0 Å². The number of rotatable bonds is 5. The number of amides is 1. The van der Waals surface area contributed by atoms with Gasteiger partial charge in [0.1, 0.15) is 0 Å². The average molecular weight is 594 g/mol. The molecule has 0 saturated heterocycles. The highest BCUT2D eigenvalue weighted by Gasteiger charge is 2.62. The number of pyridine rings is 1. The van der Waals surface area contributed by atoms with E-state index in [0.717, 1.165) is 30.6 Å². The van der Waals surface area contributed by atoms with E-state index in [-0.39, 0.29) is 22.4 Å². The molecule has 0 spiro atoms. The number of alkyl halides is 6. The normalized spacial score (nSPS) is 17.5. The number of hydrogen-bond donors (Lipinski definition) is 1. The van der Waals surface area contributed by atoms with Crippen LogP contribution in [0.4, 0.5) is 30.7 Å². The zero-order valence-electron chi connectivity index (χ0n) is 19.6. The zero-order chi connectivity index (χ0) is 28.8. The van der Waals surface area contributed by atoms with Gasteiger partial charge in [-0.15, -0.1) is 0 Å². The van der Waals surface area contributed by atoms with Crippen LogP contribution in [0.3, 0.4) is 0 Å². The fourth-order valence-electron chi connectivity index (χ4n) is 4.06. The minimum Gasteiger partial charge on any atom is -0.374 e. The van der Waals surface area contributed by atoms with Crippen molar-refractivity contribution in [3.63, 3.8) is 0 Å². The van der Waals surface area contributed by atoms with Gasteiger partial charge in [0.2, 0.25) is 0 Å². The van der Waals surface area contributed by atoms with Crippen LogP contribution in [0.1, 0.15) is 44.6 Å². The van der Waals surface area contributed by atoms with E-state index in [1.54, 1.807) is 0 Å². The number of aryl methyl sites for hydroxylation is 1. The highest BCUT2D eigenvalue weighted by atomic mass is 35.5. The van der Waals surface area contributed by atoms with E-state index in [2.05, 4.69) is 15.5 Å². The van der Waals surface area contributed by atoms with E-state index >= 15 is 0 Å². The molecule has 0 radical (unpaired) electrons. The number of carbonyl (C=O) groups is 1. The van der Waals surface area contributed by atoms with Gasteiger partial charge in [0, 0.05) is 42.0 Å². The van der Waals surface area contributed by atoms with Crippen LogP contribution in [0, 0.1) is 12.7 Å². The number of halogens is 9. The second-order valence-electron chi connectivity index (χ2n) is 8.63. The van der Waals surface area contributed by atoms with Gasteiger partial charge in [0.15, 0.2) is 5.82 Å². The Bertz CT molecular complexity index is 1450. The van der Waals surface area contributed by atoms with E-state index in [0.29, 0.717) is 5.56 Å². The smallest absolute Gasteiger partial charge is 0.374 e. The summed E-state index contributed by atoms with van der Waals surface area (Å²) in [5.74, 6) is -1.79. The Morgan fingerprint density at radius 2 is 1.74 bits per heavy atom. The van der Waals surface area contributed by atoms with Gasteiger partial charge in [-0.1, -0.05) is 34.4 Å². The average Bonchev–Trinajstić information content (AvgIpc) is 3.32. The van der Waals surface area contributed by atoms with Crippen molar-refractivity contribution in [2.45, 2.75) is 37.8 Å². The first-order chi connectivity index (χ1) is 18.1. The first kappa shape index (κ1) is 28.6. The summed E-state index contributed by atoms with van der Waals surface area (Å²) in [5, 5.41) is 4.75. The van der Waals surface area contributed by atoms with Crippen LogP contribution in [-0.2, 0) is 23.2 Å². The van der Waals surface area contributed by atoms with E-state index < -0.39 is 63.8 Å². The molecule has 2 aromatic carbocycles. The van der Waals surface area contributed by atoms with Crippen LogP contribution in [0.15, 0.2) is 53.9 Å². The van der Waals surface area contributed by atoms with Crippen LogP contribution in [0.5, 0.6) is 0 Å². The second kappa shape index (κ2) is 10.3. The highest BCUT2D eigenvalue weighted by molar-refractivity contribution is 6.35. The fourth-order valence-corrected chi connectivity index (χ4v) is 4.55. The molecule has 0 fully saturated rings. The van der Waals surface area contributed by atoms with Gasteiger partial charge in [0.05, 0.1) is 21.3 Å². The van der Waals surface area contributed by atoms with Gasteiger partial charge in [-0.2, -0.15) is 26.3 Å². The standard InChI is InChI=1S/C25H16Cl2F7N3O2/c1-12-6-13(2-3-16(12)22(38)36-11-14-10-35-5-4-17(14)24(29,30)31)20-9-23(39-37-20,25(32,33)34)15-7-18(26)21(28)19(27)8-15/h2-8,10H,9,11H2,1H3,(H,36,38). The molecule has 5 nitrogen and oxygen atoms in total. The van der Waals surface area contributed by atoms with E-state index in [4.69, 9.17) is 28.0 Å². The minimum absolute atomic E-state index is 0.0786. The Morgan fingerprint density at radius 1 is 1.08 bits per heavy atom. The lowest BCUT2D eigenvalue weighted by atomic mass is 9.86. The quantitative estimate of drug-likeness (QED) is 0.248. The van der Waals surface area contributed by atoms with Gasteiger partial charge in [-0.25, -0.2) is 4.39 Å². The number of carbonyl (C=O) groups excluding carboxylic acids is 1. The van der Waals surface area contributed by atoms with Crippen LogP contribution >= 0.6 is 23.2 Å². The molecule has 1 aliphatic rings. The third kappa shape index (κ3) is 5.53. The van der Waals surface area contributed by atoms with Crippen molar-refractivity contribution in [3.05, 3.63) is 98.0 Å². The van der Waals surface area contributed by atoms with Gasteiger partial charge in [-0.3, -0.25) is 9.78 Å². The molecular formula is C25H16Cl2F7N3O2. The van der Waals surface area contributed by atoms with Crippen LogP contribution in [0.25, 0.3) is 0 Å². The number of benzene rings is 2. The maximum Gasteiger partial charge on any atom is 0.435 e. The summed E-state index contributed by atoms with van der Waals surface area (Å²) in [7, 11) is 0. The minimum atomic E-state index is -5.00. The number of nitrogens with one attached hydrogen (secondary N) is 1. The molecule has 4 rings (SSSR count). The molecule has 0 saturated carbocycles. The molecule has 1 atom stereocenters. The van der Waals surface area contributed by atoms with Gasteiger partial charge in [0.25, 0.3) is 11.5 Å². The molecule has 0 aliphatic carbocycles. The molecule has 39 heavy (non-hydrogen) atoms. The number of oxime groups is 1. The molecule has 0 bridgehead atoms. The predicted octanol–water partition coefficient (Wildman–Crippen LogP) is 7.37. The van der Waals surface area contributed by atoms with Gasteiger partial charge >= 0.3 is 12.4 Å². The maximum atomic E-state index is 14.2. The lowest BCUT2D eigenvalue weighted by Gasteiger charge is -2.29. The van der Waals surface area contributed by atoms with E-state index in [1.165, 1.54) is 25.1 Å². The van der Waals surface area contributed by atoms with Crippen LogP contribution in [-0.4, -0.2) is 22.8 Å². The van der Waals surface area contributed by atoms with Crippen LogP contribution < -0.4 is 5.32 Å². The topological polar surface area (TPSA) is 63.6 Å². The fraction of sp³-hybridized carbons (Fsp3) is 0.240. The summed E-state index contributed by atoms with van der Waals surface area (Å²) in [6.45, 7) is 1.04. The number of hydrogen-bond acceptors (Lipinski definition) is 4. The number of aromatic nitrogens is 1. The third-order valence-electron chi connectivity index (χ3n) is 6.09. The second-order valence-corrected chi connectivity index (χ2v) is 9.44. The molecule has 14 heteroatoms. The molecule has 1 N–H and O–H groups in total. The first-order valence-electron chi connectivity index (χ1n) is 11.0. The molecule has 206 valence electrons.